The molecule has 1 aromatic rings. The van der Waals surface area contributed by atoms with E-state index in [1.54, 1.807) is 6.07 Å². The second-order valence-corrected chi connectivity index (χ2v) is 7.05. The highest BCUT2D eigenvalue weighted by molar-refractivity contribution is 7.99. The lowest BCUT2D eigenvalue weighted by Gasteiger charge is -2.22. The number of carbonyl (C=O) groups excluding carboxylic acids is 1. The Balaban J connectivity index is 1.83. The van der Waals surface area contributed by atoms with Crippen LogP contribution in [-0.2, 0) is 13.1 Å². The normalized spacial score (nSPS) is 18.3. The minimum Gasteiger partial charge on any atom is -0.335 e. The highest BCUT2D eigenvalue weighted by Crippen LogP contribution is 2.16. The van der Waals surface area contributed by atoms with Crippen LogP contribution in [0.1, 0.15) is 24.0 Å². The van der Waals surface area contributed by atoms with Gasteiger partial charge in [0.25, 0.3) is 0 Å². The Kier molecular flexibility index (Phi) is 6.51. The number of thioether (sulfide) groups is 1. The fraction of sp³-hybridized carbons (Fsp3) is 0.562. The van der Waals surface area contributed by atoms with Crippen molar-refractivity contribution in [2.75, 3.05) is 25.6 Å². The van der Waals surface area contributed by atoms with Gasteiger partial charge in [-0.25, -0.2) is 9.18 Å². The van der Waals surface area contributed by atoms with E-state index < -0.39 is 0 Å². The molecule has 6 heteroatoms. The number of amides is 2. The number of hydrogen-bond donors (Lipinski definition) is 2. The lowest BCUT2D eigenvalue weighted by molar-refractivity contribution is 0.237. The molecule has 0 aromatic heterocycles. The van der Waals surface area contributed by atoms with E-state index in [2.05, 4.69) is 10.6 Å². The molecule has 122 valence electrons. The summed E-state index contributed by atoms with van der Waals surface area (Å²) in [6.07, 6.45) is 2.20. The summed E-state index contributed by atoms with van der Waals surface area (Å²) in [5, 5.41) is 5.85. The number of nitrogens with zero attached hydrogens (tertiary/aromatic N) is 1. The molecule has 1 aliphatic rings. The summed E-state index contributed by atoms with van der Waals surface area (Å²) in [7, 11) is 3.81. The molecule has 1 fully saturated rings. The Labute approximate surface area is 135 Å². The molecule has 0 radical (unpaired) electrons. The molecule has 1 saturated heterocycles. The molecule has 0 bridgehead atoms. The van der Waals surface area contributed by atoms with Gasteiger partial charge in [0.1, 0.15) is 5.82 Å². The summed E-state index contributed by atoms with van der Waals surface area (Å²) in [4.78, 5) is 13.8. The Hall–Kier alpha value is -1.27. The monoisotopic (exact) mass is 325 g/mol. The fourth-order valence-corrected chi connectivity index (χ4v) is 3.55. The third kappa shape index (κ3) is 5.50. The van der Waals surface area contributed by atoms with Gasteiger partial charge in [0.2, 0.25) is 0 Å². The summed E-state index contributed by atoms with van der Waals surface area (Å²) < 4.78 is 13.7. The summed E-state index contributed by atoms with van der Waals surface area (Å²) >= 11 is 1.88. The van der Waals surface area contributed by atoms with Crippen molar-refractivity contribution in [3.63, 3.8) is 0 Å². The van der Waals surface area contributed by atoms with E-state index in [0.29, 0.717) is 18.7 Å². The van der Waals surface area contributed by atoms with Crippen molar-refractivity contribution in [1.29, 1.82) is 0 Å². The predicted molar refractivity (Wildman–Crippen MR) is 89.5 cm³/mol. The second kappa shape index (κ2) is 8.39. The van der Waals surface area contributed by atoms with Gasteiger partial charge in [-0.05, 0) is 50.4 Å². The lowest BCUT2D eigenvalue weighted by atomic mass is 10.1. The topological polar surface area (TPSA) is 44.4 Å². The molecule has 2 amide bonds. The minimum absolute atomic E-state index is 0.147. The van der Waals surface area contributed by atoms with E-state index in [-0.39, 0.29) is 17.9 Å². The first kappa shape index (κ1) is 17.1. The van der Waals surface area contributed by atoms with Crippen molar-refractivity contribution in [2.45, 2.75) is 32.0 Å². The molecule has 1 aliphatic heterocycles. The molecule has 1 heterocycles. The van der Waals surface area contributed by atoms with Crippen LogP contribution in [0, 0.1) is 5.82 Å². The highest BCUT2D eigenvalue weighted by atomic mass is 32.2. The van der Waals surface area contributed by atoms with Crippen molar-refractivity contribution in [3.8, 4) is 0 Å². The largest absolute Gasteiger partial charge is 0.335 e. The Morgan fingerprint density at radius 3 is 2.95 bits per heavy atom. The van der Waals surface area contributed by atoms with E-state index in [0.717, 1.165) is 24.2 Å². The van der Waals surface area contributed by atoms with Gasteiger partial charge in [0, 0.05) is 30.4 Å². The van der Waals surface area contributed by atoms with Gasteiger partial charge in [-0.15, -0.1) is 0 Å². The number of hydrogen-bond acceptors (Lipinski definition) is 3. The van der Waals surface area contributed by atoms with E-state index in [9.17, 15) is 9.18 Å². The first-order valence-electron chi connectivity index (χ1n) is 7.58. The summed E-state index contributed by atoms with van der Waals surface area (Å²) in [6, 6.07) is 5.10. The molecule has 1 atom stereocenters. The molecule has 0 spiro atoms. The van der Waals surface area contributed by atoms with Gasteiger partial charge in [-0.3, -0.25) is 0 Å². The van der Waals surface area contributed by atoms with E-state index >= 15 is 0 Å². The summed E-state index contributed by atoms with van der Waals surface area (Å²) in [6.45, 7) is 0.956. The van der Waals surface area contributed by atoms with Crippen LogP contribution in [-0.4, -0.2) is 42.6 Å². The Bertz CT molecular complexity index is 504. The molecule has 0 unspecified atom stereocenters. The van der Waals surface area contributed by atoms with Crippen LogP contribution in [0.25, 0.3) is 0 Å². The van der Waals surface area contributed by atoms with Crippen molar-refractivity contribution in [3.05, 3.63) is 35.1 Å². The maximum absolute atomic E-state index is 13.7. The summed E-state index contributed by atoms with van der Waals surface area (Å²) in [5.41, 5.74) is 1.56. The maximum atomic E-state index is 13.7. The van der Waals surface area contributed by atoms with Crippen molar-refractivity contribution >= 4 is 17.8 Å². The number of carbonyl (C=O) groups is 1. The number of rotatable bonds is 5. The van der Waals surface area contributed by atoms with Gasteiger partial charge in [-0.2, -0.15) is 11.8 Å². The van der Waals surface area contributed by atoms with Crippen molar-refractivity contribution in [1.82, 2.24) is 15.5 Å². The smallest absolute Gasteiger partial charge is 0.315 e. The SMILES string of the molecule is CN(C)Cc1cc(CNC(=O)N[C@H]2CCCSC2)ccc1F. The predicted octanol–water partition coefficient (Wildman–Crippen LogP) is 2.58. The number of urea groups is 1. The third-order valence-electron chi connectivity index (χ3n) is 3.55. The molecule has 0 saturated carbocycles. The first-order valence-corrected chi connectivity index (χ1v) is 8.74. The Morgan fingerprint density at radius 1 is 1.45 bits per heavy atom. The summed E-state index contributed by atoms with van der Waals surface area (Å²) in [5.74, 6) is 1.96. The second-order valence-electron chi connectivity index (χ2n) is 5.90. The standard InChI is InChI=1S/C16H24FN3OS/c1-20(2)10-13-8-12(5-6-15(13)17)9-18-16(21)19-14-4-3-7-22-11-14/h5-6,8,14H,3-4,7,9-11H2,1-2H3,(H2,18,19,21)/t14-/m0/s1. The van der Waals surface area contributed by atoms with Crippen LogP contribution in [0.4, 0.5) is 9.18 Å². The van der Waals surface area contributed by atoms with Gasteiger partial charge in [0.05, 0.1) is 0 Å². The number of nitrogens with one attached hydrogen (secondary N) is 2. The molecule has 1 aromatic carbocycles. The van der Waals surface area contributed by atoms with Crippen LogP contribution >= 0.6 is 11.8 Å². The average molecular weight is 325 g/mol. The third-order valence-corrected chi connectivity index (χ3v) is 4.76. The molecule has 0 aliphatic carbocycles. The molecular weight excluding hydrogens is 301 g/mol. The van der Waals surface area contributed by atoms with Crippen LogP contribution in [0.3, 0.4) is 0 Å². The van der Waals surface area contributed by atoms with Gasteiger partial charge >= 0.3 is 6.03 Å². The fourth-order valence-electron chi connectivity index (χ4n) is 2.47. The zero-order valence-electron chi connectivity index (χ0n) is 13.2. The zero-order valence-corrected chi connectivity index (χ0v) is 14.0. The van der Waals surface area contributed by atoms with Gasteiger partial charge in [0.15, 0.2) is 0 Å². The van der Waals surface area contributed by atoms with E-state index in [4.69, 9.17) is 0 Å². The van der Waals surface area contributed by atoms with Crippen LogP contribution in [0.15, 0.2) is 18.2 Å². The van der Waals surface area contributed by atoms with E-state index in [1.165, 1.54) is 11.8 Å². The highest BCUT2D eigenvalue weighted by Gasteiger charge is 2.15. The van der Waals surface area contributed by atoms with E-state index in [1.807, 2.05) is 36.8 Å². The van der Waals surface area contributed by atoms with Gasteiger partial charge in [-0.1, -0.05) is 6.07 Å². The quantitative estimate of drug-likeness (QED) is 0.874. The zero-order chi connectivity index (χ0) is 15.9. The molecule has 2 rings (SSSR count). The molecule has 2 N–H and O–H groups in total. The van der Waals surface area contributed by atoms with Crippen molar-refractivity contribution in [2.24, 2.45) is 0 Å². The minimum atomic E-state index is -0.207. The molecule has 4 nitrogen and oxygen atoms in total. The van der Waals surface area contributed by atoms with Crippen LogP contribution < -0.4 is 10.6 Å². The number of benzene rings is 1. The molecular formula is C16H24FN3OS. The van der Waals surface area contributed by atoms with Crippen molar-refractivity contribution < 1.29 is 9.18 Å². The van der Waals surface area contributed by atoms with Crippen LogP contribution in [0.5, 0.6) is 0 Å². The van der Waals surface area contributed by atoms with Crippen LogP contribution in [0.2, 0.25) is 0 Å². The lowest BCUT2D eigenvalue weighted by Crippen LogP contribution is -2.44. The first-order chi connectivity index (χ1) is 10.5. The molecule has 22 heavy (non-hydrogen) atoms. The number of halogens is 1. The van der Waals surface area contributed by atoms with Gasteiger partial charge < -0.3 is 15.5 Å². The average Bonchev–Trinajstić information content (AvgIpc) is 2.48. The Morgan fingerprint density at radius 2 is 2.27 bits per heavy atom. The maximum Gasteiger partial charge on any atom is 0.315 e.